The maximum Gasteiger partial charge on any atom is 0.172 e. The van der Waals surface area contributed by atoms with Crippen LogP contribution in [0.2, 0.25) is 0 Å². The maximum absolute atomic E-state index is 5.92. The van der Waals surface area contributed by atoms with Crippen molar-refractivity contribution in [1.82, 2.24) is 0 Å². The van der Waals surface area contributed by atoms with Crippen molar-refractivity contribution in [1.29, 1.82) is 0 Å². The molecule has 2 heterocycles. The Hall–Kier alpha value is 0.620. The van der Waals surface area contributed by atoms with Gasteiger partial charge in [-0.15, -0.1) is 0 Å². The van der Waals surface area contributed by atoms with Gasteiger partial charge in [0, 0.05) is 25.5 Å². The summed E-state index contributed by atoms with van der Waals surface area (Å²) < 4.78 is 34.9. The van der Waals surface area contributed by atoms with E-state index < -0.39 is 16.8 Å². The Labute approximate surface area is 155 Å². The number of hydrogen-bond acceptors (Lipinski definition) is 6. The molecule has 25 heavy (non-hydrogen) atoms. The van der Waals surface area contributed by atoms with E-state index in [0.717, 1.165) is 64.4 Å². The number of ether oxygens (including phenoxy) is 2. The van der Waals surface area contributed by atoms with Gasteiger partial charge >= 0.3 is 0 Å². The van der Waals surface area contributed by atoms with Crippen molar-refractivity contribution < 1.29 is 27.6 Å². The van der Waals surface area contributed by atoms with Gasteiger partial charge in [-0.2, -0.15) is 0 Å². The lowest BCUT2D eigenvalue weighted by Crippen LogP contribution is -2.45. The molecule has 0 amide bonds. The Morgan fingerprint density at radius 2 is 1.08 bits per heavy atom. The zero-order valence-electron chi connectivity index (χ0n) is 15.7. The van der Waals surface area contributed by atoms with Gasteiger partial charge in [0.1, 0.15) is 0 Å². The first-order valence-electron chi connectivity index (χ1n) is 9.50. The zero-order chi connectivity index (χ0) is 17.8. The van der Waals surface area contributed by atoms with Crippen LogP contribution in [-0.4, -0.2) is 65.2 Å². The molecule has 0 aromatic rings. The van der Waals surface area contributed by atoms with Crippen molar-refractivity contribution >= 4 is 16.8 Å². The van der Waals surface area contributed by atoms with E-state index in [4.69, 9.17) is 27.6 Å². The van der Waals surface area contributed by atoms with Crippen molar-refractivity contribution in [2.75, 3.05) is 65.2 Å². The minimum atomic E-state index is -0.821. The maximum atomic E-state index is 5.92. The Kier molecular flexibility index (Phi) is 11.3. The summed E-state index contributed by atoms with van der Waals surface area (Å²) in [5, 5.41) is 0. The molecule has 2 aliphatic heterocycles. The predicted molar refractivity (Wildman–Crippen MR) is 101 cm³/mol. The van der Waals surface area contributed by atoms with Crippen molar-refractivity contribution in [3.05, 3.63) is 0 Å². The van der Waals surface area contributed by atoms with Crippen LogP contribution in [0.1, 0.15) is 39.5 Å². The largest absolute Gasteiger partial charge is 0.381 e. The van der Waals surface area contributed by atoms with E-state index >= 15 is 0 Å². The molecule has 1 spiro atoms. The van der Waals surface area contributed by atoms with Crippen molar-refractivity contribution in [2.45, 2.75) is 39.5 Å². The molecule has 0 aliphatic carbocycles. The topological polar surface area (TPSA) is 55.4 Å². The van der Waals surface area contributed by atoms with Gasteiger partial charge in [-0.05, 0) is 12.8 Å². The molecule has 2 aliphatic rings. The van der Waals surface area contributed by atoms with Crippen molar-refractivity contribution in [3.8, 4) is 0 Å². The molecule has 0 N–H and O–H groups in total. The van der Waals surface area contributed by atoms with E-state index in [2.05, 4.69) is 13.8 Å². The van der Waals surface area contributed by atoms with Crippen LogP contribution in [0.4, 0.5) is 0 Å². The SMILES string of the molecule is CCCCOCCP1OCC2(CO1)COP(CCOCCCC)OC2. The average molecular weight is 396 g/mol. The smallest absolute Gasteiger partial charge is 0.172 e. The molecule has 6 nitrogen and oxygen atoms in total. The molecular weight excluding hydrogens is 362 g/mol. The van der Waals surface area contributed by atoms with E-state index in [-0.39, 0.29) is 5.41 Å². The van der Waals surface area contributed by atoms with Crippen molar-refractivity contribution in [3.63, 3.8) is 0 Å². The third kappa shape index (κ3) is 8.45. The van der Waals surface area contributed by atoms with Gasteiger partial charge in [0.2, 0.25) is 0 Å². The minimum Gasteiger partial charge on any atom is -0.381 e. The molecular formula is C17H34O6P2. The molecule has 148 valence electrons. The fourth-order valence-electron chi connectivity index (χ4n) is 2.39. The minimum absolute atomic E-state index is 0.135. The molecule has 0 aromatic heterocycles. The lowest BCUT2D eigenvalue weighted by molar-refractivity contribution is -0.0540. The molecule has 0 bridgehead atoms. The molecule has 2 fully saturated rings. The van der Waals surface area contributed by atoms with E-state index in [1.54, 1.807) is 0 Å². The summed E-state index contributed by atoms with van der Waals surface area (Å²) in [6.07, 6.45) is 6.25. The summed E-state index contributed by atoms with van der Waals surface area (Å²) >= 11 is 0. The Morgan fingerprint density at radius 1 is 0.680 bits per heavy atom. The van der Waals surface area contributed by atoms with Gasteiger partial charge in [-0.25, -0.2) is 0 Å². The average Bonchev–Trinajstić information content (AvgIpc) is 2.65. The summed E-state index contributed by atoms with van der Waals surface area (Å²) in [5.41, 5.74) is -0.135. The summed E-state index contributed by atoms with van der Waals surface area (Å²) in [7, 11) is -1.64. The lowest BCUT2D eigenvalue weighted by Gasteiger charge is -2.42. The molecule has 8 heteroatoms. The van der Waals surface area contributed by atoms with E-state index in [9.17, 15) is 0 Å². The molecule has 0 unspecified atom stereocenters. The van der Waals surface area contributed by atoms with Crippen LogP contribution in [0.15, 0.2) is 0 Å². The van der Waals surface area contributed by atoms with Crippen LogP contribution in [0.25, 0.3) is 0 Å². The van der Waals surface area contributed by atoms with Crippen LogP contribution in [0, 0.1) is 5.41 Å². The van der Waals surface area contributed by atoms with Crippen LogP contribution in [-0.2, 0) is 27.6 Å². The summed E-state index contributed by atoms with van der Waals surface area (Å²) in [6.45, 7) is 10.1. The summed E-state index contributed by atoms with van der Waals surface area (Å²) in [6, 6.07) is 0. The van der Waals surface area contributed by atoms with E-state index in [1.807, 2.05) is 0 Å². The van der Waals surface area contributed by atoms with E-state index in [0.29, 0.717) is 26.4 Å². The molecule has 0 atom stereocenters. The molecule has 0 aromatic carbocycles. The first kappa shape index (κ1) is 21.9. The van der Waals surface area contributed by atoms with Gasteiger partial charge in [-0.3, -0.25) is 0 Å². The highest BCUT2D eigenvalue weighted by Crippen LogP contribution is 2.51. The highest BCUT2D eigenvalue weighted by Gasteiger charge is 2.42. The number of hydrogen-bond donors (Lipinski definition) is 0. The first-order valence-corrected chi connectivity index (χ1v) is 12.2. The third-order valence-corrected chi connectivity index (χ3v) is 6.94. The monoisotopic (exact) mass is 396 g/mol. The highest BCUT2D eigenvalue weighted by atomic mass is 31.2. The molecule has 0 radical (unpaired) electrons. The summed E-state index contributed by atoms with van der Waals surface area (Å²) in [4.78, 5) is 0. The van der Waals surface area contributed by atoms with Gasteiger partial charge in [0.05, 0.1) is 45.1 Å². The van der Waals surface area contributed by atoms with Gasteiger partial charge in [-0.1, -0.05) is 26.7 Å². The van der Waals surface area contributed by atoms with E-state index in [1.165, 1.54) is 0 Å². The van der Waals surface area contributed by atoms with Crippen LogP contribution in [0.3, 0.4) is 0 Å². The second kappa shape index (κ2) is 12.9. The van der Waals surface area contributed by atoms with Gasteiger partial charge in [0.25, 0.3) is 0 Å². The number of rotatable bonds is 12. The Balaban J connectivity index is 1.53. The third-order valence-electron chi connectivity index (χ3n) is 4.18. The lowest BCUT2D eigenvalue weighted by atomic mass is 9.93. The second-order valence-electron chi connectivity index (χ2n) is 6.64. The van der Waals surface area contributed by atoms with Crippen LogP contribution >= 0.6 is 16.8 Å². The highest BCUT2D eigenvalue weighted by molar-refractivity contribution is 7.47. The fraction of sp³-hybridized carbons (Fsp3) is 1.00. The Bertz CT molecular complexity index is 296. The van der Waals surface area contributed by atoms with Crippen LogP contribution in [0.5, 0.6) is 0 Å². The van der Waals surface area contributed by atoms with Gasteiger partial charge < -0.3 is 27.6 Å². The van der Waals surface area contributed by atoms with Crippen LogP contribution < -0.4 is 0 Å². The normalized spacial score (nSPS) is 30.0. The van der Waals surface area contributed by atoms with Crippen molar-refractivity contribution in [2.24, 2.45) is 5.41 Å². The zero-order valence-corrected chi connectivity index (χ0v) is 17.5. The van der Waals surface area contributed by atoms with Gasteiger partial charge in [0.15, 0.2) is 16.8 Å². The molecule has 2 rings (SSSR count). The second-order valence-corrected chi connectivity index (χ2v) is 9.90. The quantitative estimate of drug-likeness (QED) is 0.362. The fourth-order valence-corrected chi connectivity index (χ4v) is 5.29. The summed E-state index contributed by atoms with van der Waals surface area (Å²) in [5.74, 6) is 0. The number of unbranched alkanes of at least 4 members (excludes halogenated alkanes) is 2. The molecule has 2 saturated heterocycles. The predicted octanol–water partition coefficient (Wildman–Crippen LogP) is 4.32. The Morgan fingerprint density at radius 3 is 1.44 bits per heavy atom. The first-order chi connectivity index (χ1) is 12.3. The molecule has 0 saturated carbocycles. The standard InChI is InChI=1S/C17H34O6P2/c1-3-5-7-18-9-11-24-20-13-17(14-21-24)15-22-25(23-16-17)12-10-19-8-6-4-2/h3-16H2,1-2H3.